The van der Waals surface area contributed by atoms with E-state index < -0.39 is 0 Å². The maximum atomic E-state index is 8.72. The third kappa shape index (κ3) is 2.00. The molecule has 3 aromatic rings. The van der Waals surface area contributed by atoms with E-state index in [4.69, 9.17) is 5.53 Å². The molecule has 0 bridgehead atoms. The van der Waals surface area contributed by atoms with Gasteiger partial charge in [0.25, 0.3) is 0 Å². The van der Waals surface area contributed by atoms with E-state index in [1.165, 1.54) is 5.56 Å². The van der Waals surface area contributed by atoms with Crippen molar-refractivity contribution in [1.82, 2.24) is 9.55 Å². The first-order valence-electron chi connectivity index (χ1n) is 6.30. The lowest BCUT2D eigenvalue weighted by Gasteiger charge is -2.07. The highest BCUT2D eigenvalue weighted by Crippen LogP contribution is 2.27. The van der Waals surface area contributed by atoms with Gasteiger partial charge in [-0.25, -0.2) is 4.98 Å². The fraction of sp³-hybridized carbons (Fsp3) is 0.133. The first kappa shape index (κ1) is 12.3. The summed E-state index contributed by atoms with van der Waals surface area (Å²) in [6.07, 6.45) is 0. The average molecular weight is 263 g/mol. The maximum Gasteiger partial charge on any atom is 0.202 e. The molecule has 0 atom stereocenters. The third-order valence-electron chi connectivity index (χ3n) is 3.22. The number of rotatable bonds is 2. The van der Waals surface area contributed by atoms with Gasteiger partial charge in [0, 0.05) is 10.6 Å². The number of hydrogen-bond donors (Lipinski definition) is 0. The van der Waals surface area contributed by atoms with Crippen LogP contribution in [-0.4, -0.2) is 9.55 Å². The number of imidazole rings is 1. The van der Waals surface area contributed by atoms with Gasteiger partial charge in [0.15, 0.2) is 0 Å². The van der Waals surface area contributed by atoms with E-state index >= 15 is 0 Å². The van der Waals surface area contributed by atoms with Crippen LogP contribution in [0.15, 0.2) is 47.6 Å². The van der Waals surface area contributed by atoms with Crippen LogP contribution >= 0.6 is 0 Å². The smallest absolute Gasteiger partial charge is 0.202 e. The number of nitrogens with zero attached hydrogens (tertiary/aromatic N) is 5. The molecule has 0 amide bonds. The van der Waals surface area contributed by atoms with Gasteiger partial charge in [0.05, 0.1) is 11.0 Å². The fourth-order valence-electron chi connectivity index (χ4n) is 2.23. The van der Waals surface area contributed by atoms with Gasteiger partial charge in [-0.1, -0.05) is 23.8 Å². The highest BCUT2D eigenvalue weighted by molar-refractivity contribution is 5.81. The lowest BCUT2D eigenvalue weighted by Crippen LogP contribution is -1.93. The molecule has 0 saturated heterocycles. The highest BCUT2D eigenvalue weighted by atomic mass is 15.3. The molecule has 3 rings (SSSR count). The molecule has 0 unspecified atom stereocenters. The van der Waals surface area contributed by atoms with E-state index in [2.05, 4.69) is 15.0 Å². The van der Waals surface area contributed by atoms with Crippen LogP contribution < -0.4 is 0 Å². The lowest BCUT2D eigenvalue weighted by molar-refractivity contribution is 1.06. The third-order valence-corrected chi connectivity index (χ3v) is 3.22. The van der Waals surface area contributed by atoms with Gasteiger partial charge in [-0.3, -0.25) is 4.57 Å². The quantitative estimate of drug-likeness (QED) is 0.379. The molecule has 5 heteroatoms. The topological polar surface area (TPSA) is 66.6 Å². The number of aryl methyl sites for hydroxylation is 2. The Kier molecular flexibility index (Phi) is 2.89. The molecule has 98 valence electrons. The van der Waals surface area contributed by atoms with Gasteiger partial charge in [-0.2, -0.15) is 0 Å². The van der Waals surface area contributed by atoms with E-state index in [1.54, 1.807) is 0 Å². The monoisotopic (exact) mass is 263 g/mol. The average Bonchev–Trinajstić information content (AvgIpc) is 2.78. The van der Waals surface area contributed by atoms with Crippen molar-refractivity contribution >= 4 is 17.0 Å². The molecule has 0 aliphatic rings. The number of aromatic nitrogens is 2. The lowest BCUT2D eigenvalue weighted by atomic mass is 10.2. The Morgan fingerprint density at radius 3 is 2.45 bits per heavy atom. The zero-order chi connectivity index (χ0) is 14.1. The zero-order valence-corrected chi connectivity index (χ0v) is 11.3. The van der Waals surface area contributed by atoms with E-state index in [0.717, 1.165) is 22.3 Å². The number of hydrogen-bond acceptors (Lipinski definition) is 2. The first-order valence-corrected chi connectivity index (χ1v) is 6.30. The van der Waals surface area contributed by atoms with Crippen molar-refractivity contribution in [3.05, 3.63) is 64.0 Å². The van der Waals surface area contributed by atoms with E-state index in [1.807, 2.05) is 60.9 Å². The van der Waals surface area contributed by atoms with E-state index in [-0.39, 0.29) is 0 Å². The summed E-state index contributed by atoms with van der Waals surface area (Å²) >= 11 is 0. The molecular weight excluding hydrogens is 250 g/mol. The number of benzene rings is 2. The Morgan fingerprint density at radius 1 is 1.05 bits per heavy atom. The second-order valence-corrected chi connectivity index (χ2v) is 4.76. The first-order chi connectivity index (χ1) is 9.69. The Hall–Kier alpha value is -2.78. The summed E-state index contributed by atoms with van der Waals surface area (Å²) < 4.78 is 1.88. The molecule has 1 heterocycles. The molecule has 20 heavy (non-hydrogen) atoms. The minimum atomic E-state index is 0.358. The van der Waals surface area contributed by atoms with E-state index in [9.17, 15) is 0 Å². The Labute approximate surface area is 116 Å². The second kappa shape index (κ2) is 4.72. The molecule has 2 aromatic carbocycles. The molecule has 0 spiro atoms. The van der Waals surface area contributed by atoms with Gasteiger partial charge in [0.2, 0.25) is 5.95 Å². The predicted octanol–water partition coefficient (Wildman–Crippen LogP) is 4.58. The molecule has 0 aliphatic heterocycles. The van der Waals surface area contributed by atoms with Crippen molar-refractivity contribution in [2.45, 2.75) is 13.8 Å². The maximum absolute atomic E-state index is 8.72. The summed E-state index contributed by atoms with van der Waals surface area (Å²) in [5.41, 5.74) is 13.7. The van der Waals surface area contributed by atoms with Crippen molar-refractivity contribution in [2.24, 2.45) is 5.11 Å². The largest absolute Gasteiger partial charge is 0.291 e. The van der Waals surface area contributed by atoms with Crippen molar-refractivity contribution in [3.8, 4) is 5.69 Å². The summed E-state index contributed by atoms with van der Waals surface area (Å²) in [5, 5.41) is 3.70. The normalized spacial score (nSPS) is 10.5. The van der Waals surface area contributed by atoms with E-state index in [0.29, 0.717) is 5.95 Å². The van der Waals surface area contributed by atoms with Gasteiger partial charge in [-0.15, -0.1) is 0 Å². The summed E-state index contributed by atoms with van der Waals surface area (Å²) in [7, 11) is 0. The molecule has 0 fully saturated rings. The van der Waals surface area contributed by atoms with Crippen LogP contribution in [0.2, 0.25) is 0 Å². The van der Waals surface area contributed by atoms with Crippen LogP contribution in [0.3, 0.4) is 0 Å². The number of azide groups is 1. The molecule has 1 aromatic heterocycles. The van der Waals surface area contributed by atoms with Gasteiger partial charge in [0.1, 0.15) is 0 Å². The molecule has 5 nitrogen and oxygen atoms in total. The summed E-state index contributed by atoms with van der Waals surface area (Å²) in [4.78, 5) is 7.25. The van der Waals surface area contributed by atoms with Crippen LogP contribution in [0.1, 0.15) is 11.1 Å². The van der Waals surface area contributed by atoms with Gasteiger partial charge < -0.3 is 0 Å². The Morgan fingerprint density at radius 2 is 1.75 bits per heavy atom. The summed E-state index contributed by atoms with van der Waals surface area (Å²) in [5.74, 6) is 0.358. The summed E-state index contributed by atoms with van der Waals surface area (Å²) in [6.45, 7) is 4.06. The number of fused-ring (bicyclic) bond motifs is 1. The molecular formula is C15H13N5. The van der Waals surface area contributed by atoms with Crippen molar-refractivity contribution in [3.63, 3.8) is 0 Å². The minimum Gasteiger partial charge on any atom is -0.291 e. The SMILES string of the molecule is Cc1ccc(-n2c(N=[N+]=[N-])nc3ccc(C)cc32)cc1. The van der Waals surface area contributed by atoms with Crippen LogP contribution in [0, 0.1) is 13.8 Å². The van der Waals surface area contributed by atoms with Crippen molar-refractivity contribution in [1.29, 1.82) is 0 Å². The molecule has 0 aliphatic carbocycles. The Balaban J connectivity index is 2.35. The highest BCUT2D eigenvalue weighted by Gasteiger charge is 2.11. The summed E-state index contributed by atoms with van der Waals surface area (Å²) in [6, 6.07) is 14.0. The standard InChI is InChI=1S/C15H13N5/c1-10-3-6-12(7-4-10)20-14-9-11(2)5-8-13(14)17-15(20)18-19-16/h3-9H,1-2H3. The molecule has 0 radical (unpaired) electrons. The van der Waals surface area contributed by atoms with Crippen LogP contribution in [0.25, 0.3) is 27.2 Å². The molecule has 0 saturated carbocycles. The van der Waals surface area contributed by atoms with Crippen molar-refractivity contribution < 1.29 is 0 Å². The van der Waals surface area contributed by atoms with Crippen LogP contribution in [0.5, 0.6) is 0 Å². The van der Waals surface area contributed by atoms with Gasteiger partial charge >= 0.3 is 0 Å². The predicted molar refractivity (Wildman–Crippen MR) is 79.4 cm³/mol. The van der Waals surface area contributed by atoms with Crippen LogP contribution in [0.4, 0.5) is 5.95 Å². The second-order valence-electron chi connectivity index (χ2n) is 4.76. The van der Waals surface area contributed by atoms with Gasteiger partial charge in [-0.05, 0) is 54.3 Å². The Bertz CT molecular complexity index is 823. The van der Waals surface area contributed by atoms with Crippen LogP contribution in [-0.2, 0) is 0 Å². The molecule has 0 N–H and O–H groups in total. The zero-order valence-electron chi connectivity index (χ0n) is 11.3. The minimum absolute atomic E-state index is 0.358. The van der Waals surface area contributed by atoms with Crippen molar-refractivity contribution in [2.75, 3.05) is 0 Å². The fourth-order valence-corrected chi connectivity index (χ4v) is 2.23.